The van der Waals surface area contributed by atoms with Gasteiger partial charge in [-0.3, -0.25) is 9.78 Å². The van der Waals surface area contributed by atoms with E-state index in [1.54, 1.807) is 13.1 Å². The highest BCUT2D eigenvalue weighted by Crippen LogP contribution is 2.31. The molecular weight excluding hydrogens is 216 g/mol. The van der Waals surface area contributed by atoms with Crippen molar-refractivity contribution in [2.24, 2.45) is 0 Å². The van der Waals surface area contributed by atoms with Crippen molar-refractivity contribution in [1.29, 1.82) is 0 Å². The molecule has 2 heterocycles. The molecule has 4 nitrogen and oxygen atoms in total. The van der Waals surface area contributed by atoms with Gasteiger partial charge in [0.1, 0.15) is 0 Å². The van der Waals surface area contributed by atoms with E-state index in [2.05, 4.69) is 10.5 Å². The highest BCUT2D eigenvalue weighted by molar-refractivity contribution is 6.00. The second-order valence-corrected chi connectivity index (χ2v) is 3.91. The Balaban J connectivity index is 2.30. The molecule has 0 unspecified atom stereocenters. The first-order chi connectivity index (χ1) is 8.25. The SMILES string of the molecule is CC1=Cc2ccc3ncccc3c2ONC1=O. The third kappa shape index (κ3) is 1.54. The fourth-order valence-electron chi connectivity index (χ4n) is 1.85. The van der Waals surface area contributed by atoms with Crippen LogP contribution >= 0.6 is 0 Å². The van der Waals surface area contributed by atoms with Gasteiger partial charge in [-0.25, -0.2) is 0 Å². The van der Waals surface area contributed by atoms with E-state index >= 15 is 0 Å². The van der Waals surface area contributed by atoms with Crippen LogP contribution in [0.5, 0.6) is 5.75 Å². The van der Waals surface area contributed by atoms with Crippen molar-refractivity contribution in [2.45, 2.75) is 6.92 Å². The van der Waals surface area contributed by atoms with Gasteiger partial charge in [-0.2, -0.15) is 5.48 Å². The summed E-state index contributed by atoms with van der Waals surface area (Å²) in [6, 6.07) is 7.57. The topological polar surface area (TPSA) is 51.2 Å². The normalized spacial score (nSPS) is 14.4. The summed E-state index contributed by atoms with van der Waals surface area (Å²) in [6.45, 7) is 1.75. The minimum absolute atomic E-state index is 0.224. The van der Waals surface area contributed by atoms with Crippen molar-refractivity contribution in [3.05, 3.63) is 41.6 Å². The fraction of sp³-hybridized carbons (Fsp3) is 0.0769. The lowest BCUT2D eigenvalue weighted by Gasteiger charge is -2.08. The van der Waals surface area contributed by atoms with Crippen molar-refractivity contribution in [3.63, 3.8) is 0 Å². The lowest BCUT2D eigenvalue weighted by Crippen LogP contribution is -2.26. The van der Waals surface area contributed by atoms with E-state index in [0.717, 1.165) is 16.5 Å². The Labute approximate surface area is 97.9 Å². The molecule has 3 rings (SSSR count). The molecule has 4 heteroatoms. The van der Waals surface area contributed by atoms with Gasteiger partial charge in [-0.05, 0) is 37.3 Å². The van der Waals surface area contributed by atoms with Crippen molar-refractivity contribution >= 4 is 22.9 Å². The van der Waals surface area contributed by atoms with E-state index in [1.807, 2.05) is 30.3 Å². The Morgan fingerprint density at radius 3 is 3.06 bits per heavy atom. The first-order valence-electron chi connectivity index (χ1n) is 5.29. The Morgan fingerprint density at radius 2 is 2.18 bits per heavy atom. The Kier molecular flexibility index (Phi) is 2.08. The summed E-state index contributed by atoms with van der Waals surface area (Å²) in [4.78, 5) is 21.1. The van der Waals surface area contributed by atoms with Crippen LogP contribution in [0.3, 0.4) is 0 Å². The largest absolute Gasteiger partial charge is 0.378 e. The molecule has 1 aromatic carbocycles. The zero-order valence-electron chi connectivity index (χ0n) is 9.23. The molecule has 1 amide bonds. The average Bonchev–Trinajstić information content (AvgIpc) is 2.50. The highest BCUT2D eigenvalue weighted by atomic mass is 16.7. The molecule has 1 aliphatic rings. The summed E-state index contributed by atoms with van der Waals surface area (Å²) in [6.07, 6.45) is 3.54. The third-order valence-corrected chi connectivity index (χ3v) is 2.74. The number of carbonyl (C=O) groups is 1. The van der Waals surface area contributed by atoms with Gasteiger partial charge in [0, 0.05) is 22.7 Å². The Hall–Kier alpha value is -2.36. The maximum absolute atomic E-state index is 11.5. The molecular formula is C13H10N2O2. The molecule has 0 atom stereocenters. The fourth-order valence-corrected chi connectivity index (χ4v) is 1.85. The maximum Gasteiger partial charge on any atom is 0.279 e. The summed E-state index contributed by atoms with van der Waals surface area (Å²) < 4.78 is 0. The predicted octanol–water partition coefficient (Wildman–Crippen LogP) is 2.06. The van der Waals surface area contributed by atoms with Gasteiger partial charge in [-0.1, -0.05) is 0 Å². The molecule has 0 saturated heterocycles. The molecule has 0 spiro atoms. The summed E-state index contributed by atoms with van der Waals surface area (Å²) in [7, 11) is 0. The number of pyridine rings is 1. The average molecular weight is 226 g/mol. The van der Waals surface area contributed by atoms with Gasteiger partial charge in [0.2, 0.25) is 0 Å². The number of hydrogen-bond acceptors (Lipinski definition) is 3. The number of aromatic nitrogens is 1. The van der Waals surface area contributed by atoms with E-state index < -0.39 is 0 Å². The smallest absolute Gasteiger partial charge is 0.279 e. The van der Waals surface area contributed by atoms with Gasteiger partial charge < -0.3 is 4.84 Å². The molecule has 84 valence electrons. The van der Waals surface area contributed by atoms with Crippen molar-refractivity contribution in [3.8, 4) is 5.75 Å². The van der Waals surface area contributed by atoms with E-state index in [1.165, 1.54) is 0 Å². The van der Waals surface area contributed by atoms with Crippen LogP contribution in [0, 0.1) is 0 Å². The predicted molar refractivity (Wildman–Crippen MR) is 64.2 cm³/mol. The Morgan fingerprint density at radius 1 is 1.29 bits per heavy atom. The van der Waals surface area contributed by atoms with Gasteiger partial charge in [0.15, 0.2) is 5.75 Å². The maximum atomic E-state index is 11.5. The monoisotopic (exact) mass is 226 g/mol. The number of nitrogens with zero attached hydrogens (tertiary/aromatic N) is 1. The van der Waals surface area contributed by atoms with Crippen molar-refractivity contribution < 1.29 is 9.63 Å². The summed E-state index contributed by atoms with van der Waals surface area (Å²) in [5, 5.41) is 0.885. The minimum Gasteiger partial charge on any atom is -0.378 e. The number of hydroxylamine groups is 1. The molecule has 0 radical (unpaired) electrons. The van der Waals surface area contributed by atoms with Gasteiger partial charge >= 0.3 is 0 Å². The number of fused-ring (bicyclic) bond motifs is 3. The molecule has 0 aliphatic carbocycles. The summed E-state index contributed by atoms with van der Waals surface area (Å²) in [5.41, 5.74) is 4.74. The van der Waals surface area contributed by atoms with Gasteiger partial charge in [0.25, 0.3) is 5.91 Å². The molecule has 17 heavy (non-hydrogen) atoms. The van der Waals surface area contributed by atoms with Crippen molar-refractivity contribution in [1.82, 2.24) is 10.5 Å². The van der Waals surface area contributed by atoms with Crippen LogP contribution in [0.4, 0.5) is 0 Å². The number of carbonyl (C=O) groups excluding carboxylic acids is 1. The quantitative estimate of drug-likeness (QED) is 0.748. The zero-order chi connectivity index (χ0) is 11.8. The van der Waals surface area contributed by atoms with E-state index in [9.17, 15) is 4.79 Å². The molecule has 1 aliphatic heterocycles. The third-order valence-electron chi connectivity index (χ3n) is 2.74. The van der Waals surface area contributed by atoms with Crippen LogP contribution in [0.25, 0.3) is 17.0 Å². The molecule has 1 N–H and O–H groups in total. The second kappa shape index (κ2) is 3.59. The van der Waals surface area contributed by atoms with E-state index in [-0.39, 0.29) is 5.91 Å². The summed E-state index contributed by atoms with van der Waals surface area (Å²) >= 11 is 0. The molecule has 1 aromatic heterocycles. The van der Waals surface area contributed by atoms with Crippen molar-refractivity contribution in [2.75, 3.05) is 0 Å². The van der Waals surface area contributed by atoms with E-state index in [0.29, 0.717) is 11.3 Å². The minimum atomic E-state index is -0.224. The molecule has 0 fully saturated rings. The first-order valence-corrected chi connectivity index (χ1v) is 5.29. The van der Waals surface area contributed by atoms with Crippen LogP contribution in [0.1, 0.15) is 12.5 Å². The summed E-state index contributed by atoms with van der Waals surface area (Å²) in [5.74, 6) is 0.416. The number of benzene rings is 1. The standard InChI is InChI=1S/C13H10N2O2/c1-8-7-9-4-5-11-10(3-2-6-14-11)12(9)17-15-13(8)16/h2-7H,1H3,(H,15,16). The first kappa shape index (κ1) is 9.84. The van der Waals surface area contributed by atoms with Crippen LogP contribution in [-0.2, 0) is 4.79 Å². The molecule has 2 aromatic rings. The van der Waals surface area contributed by atoms with Crippen LogP contribution in [0.2, 0.25) is 0 Å². The van der Waals surface area contributed by atoms with Crippen LogP contribution in [0.15, 0.2) is 36.0 Å². The Bertz CT molecular complexity index is 647. The second-order valence-electron chi connectivity index (χ2n) is 3.91. The van der Waals surface area contributed by atoms with Gasteiger partial charge in [-0.15, -0.1) is 0 Å². The number of rotatable bonds is 0. The van der Waals surface area contributed by atoms with Crippen LogP contribution in [-0.4, -0.2) is 10.9 Å². The van der Waals surface area contributed by atoms with Gasteiger partial charge in [0.05, 0.1) is 5.52 Å². The van der Waals surface area contributed by atoms with E-state index in [4.69, 9.17) is 4.84 Å². The number of amides is 1. The number of hydrogen-bond donors (Lipinski definition) is 1. The highest BCUT2D eigenvalue weighted by Gasteiger charge is 2.15. The lowest BCUT2D eigenvalue weighted by atomic mass is 10.1. The lowest BCUT2D eigenvalue weighted by molar-refractivity contribution is -0.123. The zero-order valence-corrected chi connectivity index (χ0v) is 9.23. The molecule has 0 bridgehead atoms. The number of nitrogens with one attached hydrogen (secondary N) is 1. The van der Waals surface area contributed by atoms with Crippen LogP contribution < -0.4 is 10.3 Å². The molecule has 0 saturated carbocycles.